The molecule has 1 atom stereocenters. The van der Waals surface area contributed by atoms with Crippen molar-refractivity contribution in [2.75, 3.05) is 40.5 Å². The number of unbranched alkanes of at least 4 members (excludes halogenated alkanes) is 2. The molecule has 0 unspecified atom stereocenters. The van der Waals surface area contributed by atoms with Gasteiger partial charge in [0.2, 0.25) is 11.6 Å². The molecular weight excluding hydrogens is 1220 g/mol. The zero-order valence-electron chi connectivity index (χ0n) is 50.1. The molecular formula is C63H74N9O14S3+. The highest BCUT2D eigenvalue weighted by Gasteiger charge is 2.45. The number of rotatable bonds is 27. The summed E-state index contributed by atoms with van der Waals surface area (Å²) in [4.78, 5) is 55.5. The molecule has 1 aliphatic carbocycles. The predicted molar refractivity (Wildman–Crippen MR) is 342 cm³/mol. The van der Waals surface area contributed by atoms with Crippen LogP contribution in [0.15, 0.2) is 155 Å². The number of carbonyl (C=O) groups excluding carboxylic acids is 1. The Kier molecular flexibility index (Phi) is 20.6. The van der Waals surface area contributed by atoms with Crippen molar-refractivity contribution in [1.29, 1.82) is 0 Å². The number of amides is 1. The van der Waals surface area contributed by atoms with E-state index in [1.807, 2.05) is 49.6 Å². The second kappa shape index (κ2) is 27.6. The first-order chi connectivity index (χ1) is 41.9. The Morgan fingerprint density at radius 2 is 1.64 bits per heavy atom. The van der Waals surface area contributed by atoms with E-state index in [2.05, 4.69) is 74.1 Å². The Balaban J connectivity index is 1.08. The van der Waals surface area contributed by atoms with Gasteiger partial charge in [0.25, 0.3) is 41.8 Å². The lowest BCUT2D eigenvalue weighted by molar-refractivity contribution is -0.438. The van der Waals surface area contributed by atoms with E-state index < -0.39 is 76.2 Å². The number of aryl methyl sites for hydroxylation is 1. The third-order valence-corrected chi connectivity index (χ3v) is 18.1. The van der Waals surface area contributed by atoms with E-state index in [1.165, 1.54) is 30.7 Å². The van der Waals surface area contributed by atoms with Gasteiger partial charge in [-0.05, 0) is 142 Å². The zero-order chi connectivity index (χ0) is 64.6. The minimum Gasteiger partial charge on any atom is -0.480 e. The summed E-state index contributed by atoms with van der Waals surface area (Å²) in [6.45, 7) is 15.2. The van der Waals surface area contributed by atoms with Gasteiger partial charge in [0, 0.05) is 65.1 Å². The second-order valence-electron chi connectivity index (χ2n) is 23.2. The van der Waals surface area contributed by atoms with E-state index in [-0.39, 0.29) is 54.2 Å². The molecule has 5 aromatic rings. The van der Waals surface area contributed by atoms with Crippen LogP contribution in [0.4, 0.5) is 23.0 Å². The second-order valence-corrected chi connectivity index (χ2v) is 27.8. The fourth-order valence-corrected chi connectivity index (χ4v) is 13.0. The third kappa shape index (κ3) is 17.1. The van der Waals surface area contributed by atoms with Crippen LogP contribution >= 0.6 is 0 Å². The van der Waals surface area contributed by atoms with Crippen molar-refractivity contribution >= 4 is 82.1 Å². The predicted octanol–water partition coefficient (Wildman–Crippen LogP) is 8.83. The number of ether oxygens (including phenoxy) is 1. The average Bonchev–Trinajstić information content (AvgIpc) is 1.74. The monoisotopic (exact) mass is 1290 g/mol. The van der Waals surface area contributed by atoms with Crippen LogP contribution in [0.2, 0.25) is 0 Å². The van der Waals surface area contributed by atoms with Gasteiger partial charge in [0.05, 0.1) is 41.6 Å². The standard InChI is InChI=1S/C63H73N9O14S3/c1-7-41(36-50(60(75)76)68-58(73)45-19-23-46(24-20-45)65-37-47-38-66-57-55(67-47)59(74)70-61(64)69-57)14-13-31-86-56-43(21-27-53-62(3,4)48-34-40(2)17-25-51(48)71(53)29-8-10-32-87(77,78)79)15-12-16-44(56)22-28-54-63(5,6)49-35-42(39-89(83,84)85)18-26-52(49)72(54)30-9-11-33-88(80,81)82/h7,13-14,17-28,31,34-35,38,50H,1,8-12,15-16,29-30,32-33,36-37,39H2,2-6H3,(H8-,64,65,66,68,69,70,73,74,75,76,77,78,79,80,81,82,83,84,85)/p+1/b31-13+,41-14+/t50-/m0/s1/i1+2,7+2,13+2,14+1,31+2,36+2,41+1,50+2,60+2. The summed E-state index contributed by atoms with van der Waals surface area (Å²) in [5.41, 5.74) is 14.1. The first-order valence-corrected chi connectivity index (χ1v) is 33.6. The number of nitrogen functional groups attached to an aromatic ring is 1. The molecule has 2 aromatic heterocycles. The van der Waals surface area contributed by atoms with Gasteiger partial charge in [-0.3, -0.25) is 28.2 Å². The first kappa shape index (κ1) is 66.6. The molecule has 89 heavy (non-hydrogen) atoms. The molecule has 0 fully saturated rings. The zero-order valence-corrected chi connectivity index (χ0v) is 52.5. The molecule has 0 saturated carbocycles. The molecule has 3 aromatic carbocycles. The summed E-state index contributed by atoms with van der Waals surface area (Å²) in [6, 6.07) is 16.3. The van der Waals surface area contributed by atoms with E-state index in [1.54, 1.807) is 42.5 Å². The number of carboxylic acids is 1. The van der Waals surface area contributed by atoms with Crippen molar-refractivity contribution in [2.24, 2.45) is 0 Å². The number of anilines is 3. The minimum atomic E-state index is -4.37. The molecule has 0 saturated heterocycles. The SMILES string of the molecule is Cc1ccc2c(c1)C(C)(C)/C(=C\C=C1/CCCC(/C=C/C3=[N+](CCCCS(=O)(=O)O)c4ccc(CS(=O)(=O)O)cc4C3(C)C)=C1O/[14CH]=[14CH]/[13CH]=[13C](\[14CH]=[14CH2])[14CH2][14C@H](NC(=O)c1ccc(NCc3cnc4nc(N)[nH]c(=O)c4n3)cc1)[14C](=O)O)N2CCCCS(=O)(=O)O. The summed E-state index contributed by atoms with van der Waals surface area (Å²) in [6.07, 6.45) is 18.7. The van der Waals surface area contributed by atoms with Gasteiger partial charge in [-0.1, -0.05) is 62.4 Å². The topological polar surface area (TPSA) is 355 Å². The number of nitrogens with zero attached hydrogens (tertiary/aromatic N) is 5. The van der Waals surface area contributed by atoms with Crippen LogP contribution in [0.5, 0.6) is 0 Å². The summed E-state index contributed by atoms with van der Waals surface area (Å²) in [5.74, 6) is -2.86. The van der Waals surface area contributed by atoms with E-state index in [9.17, 15) is 58.4 Å². The fourth-order valence-electron chi connectivity index (χ4n) is 11.3. The highest BCUT2D eigenvalue weighted by Crippen LogP contribution is 2.49. The Morgan fingerprint density at radius 3 is 2.33 bits per heavy atom. The number of aliphatic carboxylic acids is 1. The average molecular weight is 1290 g/mol. The maximum absolute atomic E-state index is 13.5. The summed E-state index contributed by atoms with van der Waals surface area (Å²) >= 11 is 0. The molecule has 4 heterocycles. The van der Waals surface area contributed by atoms with Crippen molar-refractivity contribution in [1.82, 2.24) is 25.3 Å². The quantitative estimate of drug-likeness (QED) is 0.00607. The molecule has 26 heteroatoms. The number of hydrogen-bond donors (Lipinski definition) is 8. The highest BCUT2D eigenvalue weighted by atomic mass is 32.2. The number of H-pyrrole nitrogens is 1. The highest BCUT2D eigenvalue weighted by molar-refractivity contribution is 7.86. The van der Waals surface area contributed by atoms with Crippen LogP contribution in [0.3, 0.4) is 0 Å². The number of fused-ring (bicyclic) bond motifs is 3. The Hall–Kier alpha value is -8.40. The van der Waals surface area contributed by atoms with Crippen molar-refractivity contribution in [2.45, 2.75) is 115 Å². The Morgan fingerprint density at radius 1 is 0.921 bits per heavy atom. The number of carbonyl (C=O) groups is 2. The van der Waals surface area contributed by atoms with E-state index in [4.69, 9.17) is 10.5 Å². The lowest BCUT2D eigenvalue weighted by Gasteiger charge is -2.27. The van der Waals surface area contributed by atoms with E-state index >= 15 is 0 Å². The van der Waals surface area contributed by atoms with Crippen LogP contribution < -0.4 is 26.8 Å². The number of hydrogen-bond acceptors (Lipinski definition) is 16. The Labute approximate surface area is 517 Å². The minimum absolute atomic E-state index is 0.0253. The van der Waals surface area contributed by atoms with Crippen LogP contribution in [-0.4, -0.2) is 117 Å². The fraction of sp³-hybridized carbons (Fsp3) is 0.349. The van der Waals surface area contributed by atoms with Gasteiger partial charge in [-0.15, -0.1) is 0 Å². The van der Waals surface area contributed by atoms with Crippen molar-refractivity contribution in [3.63, 3.8) is 0 Å². The van der Waals surface area contributed by atoms with Crippen LogP contribution in [0.25, 0.3) is 11.2 Å². The molecule has 0 spiro atoms. The molecule has 0 radical (unpaired) electrons. The number of carboxylic acid groups (broad SMARTS) is 1. The van der Waals surface area contributed by atoms with Crippen LogP contribution in [-0.2, 0) is 63.0 Å². The number of benzene rings is 3. The van der Waals surface area contributed by atoms with Crippen LogP contribution in [0.1, 0.15) is 117 Å². The largest absolute Gasteiger partial charge is 0.480 e. The van der Waals surface area contributed by atoms with Crippen molar-refractivity contribution in [3.8, 4) is 0 Å². The van der Waals surface area contributed by atoms with Crippen molar-refractivity contribution < 1.29 is 62.9 Å². The normalized spacial score (nSPS) is 17.3. The molecule has 1 amide bonds. The molecule has 0 bridgehead atoms. The molecule has 8 rings (SSSR count). The summed E-state index contributed by atoms with van der Waals surface area (Å²) < 4.78 is 108. The van der Waals surface area contributed by atoms with Gasteiger partial charge >= 0.3 is 5.97 Å². The van der Waals surface area contributed by atoms with Gasteiger partial charge in [-0.25, -0.2) is 14.8 Å². The maximum Gasteiger partial charge on any atom is 0.326 e. The summed E-state index contributed by atoms with van der Waals surface area (Å²) in [7, 11) is -12.7. The number of nitrogens with one attached hydrogen (secondary N) is 3. The first-order valence-electron chi connectivity index (χ1n) is 28.8. The Bertz CT molecular complexity index is 4240. The van der Waals surface area contributed by atoms with Crippen LogP contribution in [0, 0.1) is 6.92 Å². The van der Waals surface area contributed by atoms with E-state index in [0.717, 1.165) is 57.0 Å². The van der Waals surface area contributed by atoms with Crippen molar-refractivity contribution in [3.05, 3.63) is 194 Å². The molecule has 9 N–H and O–H groups in total. The number of aromatic nitrogens is 4. The molecule has 2 aliphatic heterocycles. The number of aromatic amines is 1. The maximum atomic E-state index is 13.5. The molecule has 472 valence electrons. The van der Waals surface area contributed by atoms with Gasteiger partial charge in [0.1, 0.15) is 24.1 Å². The number of nitrogens with two attached hydrogens (primary N) is 1. The summed E-state index contributed by atoms with van der Waals surface area (Å²) in [5, 5.41) is 16.1. The third-order valence-electron chi connectivity index (χ3n) is 15.8. The van der Waals surface area contributed by atoms with Gasteiger partial charge in [-0.2, -0.15) is 34.8 Å². The van der Waals surface area contributed by atoms with Gasteiger partial charge < -0.3 is 31.1 Å². The molecule has 3 aliphatic rings. The molecule has 23 nitrogen and oxygen atoms in total. The lowest BCUT2D eigenvalue weighted by Crippen LogP contribution is -2.41. The smallest absolute Gasteiger partial charge is 0.326 e. The van der Waals surface area contributed by atoms with E-state index in [0.29, 0.717) is 67.0 Å². The lowest BCUT2D eigenvalue weighted by atomic mass is 9.80. The van der Waals surface area contributed by atoms with Gasteiger partial charge in [0.15, 0.2) is 16.9 Å². The number of allylic oxidation sites excluding steroid dienone is 10.